The molecule has 0 radical (unpaired) electrons. The molecule has 2 aliphatic heterocycles. The number of sulfone groups is 1. The zero-order valence-corrected chi connectivity index (χ0v) is 15.8. The summed E-state index contributed by atoms with van der Waals surface area (Å²) in [6.07, 6.45) is 2.16. The van der Waals surface area contributed by atoms with Crippen molar-refractivity contribution in [2.75, 3.05) is 19.8 Å². The third-order valence-electron chi connectivity index (χ3n) is 5.02. The molecule has 150 valence electrons. The van der Waals surface area contributed by atoms with Gasteiger partial charge in [-0.1, -0.05) is 0 Å². The minimum absolute atomic E-state index is 0.00451. The Morgan fingerprint density at radius 2 is 1.89 bits per heavy atom. The molecule has 1 amide bonds. The highest BCUT2D eigenvalue weighted by atomic mass is 32.2. The maximum Gasteiger partial charge on any atom is 0.245 e. The van der Waals surface area contributed by atoms with E-state index in [0.717, 1.165) is 25.0 Å². The van der Waals surface area contributed by atoms with Gasteiger partial charge in [-0.3, -0.25) is 4.79 Å². The molecule has 1 unspecified atom stereocenters. The number of carbonyl (C=O) groups excluding carboxylic acids is 1. The second-order valence-corrected chi connectivity index (χ2v) is 9.21. The fourth-order valence-electron chi connectivity index (χ4n) is 3.41. The van der Waals surface area contributed by atoms with Crippen LogP contribution in [-0.4, -0.2) is 45.2 Å². The first-order valence-electron chi connectivity index (χ1n) is 9.07. The molecule has 1 aromatic carbocycles. The molecule has 0 aromatic heterocycles. The van der Waals surface area contributed by atoms with Gasteiger partial charge in [-0.2, -0.15) is 0 Å². The Kier molecular flexibility index (Phi) is 6.46. The van der Waals surface area contributed by atoms with Gasteiger partial charge in [0.05, 0.1) is 9.64 Å². The number of nitrogens with one attached hydrogen (secondary N) is 1. The Balaban J connectivity index is 1.73. The fraction of sp³-hybridized carbons (Fsp3) is 0.611. The maximum absolute atomic E-state index is 13.2. The van der Waals surface area contributed by atoms with Crippen LogP contribution in [0.25, 0.3) is 0 Å². The van der Waals surface area contributed by atoms with Gasteiger partial charge in [0.25, 0.3) is 0 Å². The highest BCUT2D eigenvalue weighted by Gasteiger charge is 2.47. The summed E-state index contributed by atoms with van der Waals surface area (Å²) in [5, 5.41) is 0. The van der Waals surface area contributed by atoms with Crippen LogP contribution < -0.4 is 5.48 Å². The van der Waals surface area contributed by atoms with Crippen LogP contribution in [0.3, 0.4) is 0 Å². The largest absolute Gasteiger partial charge is 0.381 e. The number of hydrogen-bond donors (Lipinski definition) is 1. The van der Waals surface area contributed by atoms with Gasteiger partial charge >= 0.3 is 0 Å². The second kappa shape index (κ2) is 8.64. The molecule has 0 saturated carbocycles. The van der Waals surface area contributed by atoms with E-state index < -0.39 is 32.6 Å². The first-order valence-corrected chi connectivity index (χ1v) is 10.6. The van der Waals surface area contributed by atoms with Gasteiger partial charge < -0.3 is 9.47 Å². The molecule has 1 aromatic rings. The molecule has 2 fully saturated rings. The third-order valence-corrected chi connectivity index (χ3v) is 7.61. The summed E-state index contributed by atoms with van der Waals surface area (Å²) in [4.78, 5) is 17.7. The lowest BCUT2D eigenvalue weighted by molar-refractivity contribution is -0.200. The van der Waals surface area contributed by atoms with Crippen LogP contribution in [0.2, 0.25) is 0 Å². The Morgan fingerprint density at radius 1 is 1.19 bits per heavy atom. The van der Waals surface area contributed by atoms with Crippen molar-refractivity contribution in [1.29, 1.82) is 0 Å². The number of hydrogen-bond acceptors (Lipinski definition) is 6. The molecular weight excluding hydrogens is 377 g/mol. The number of amides is 1. The molecule has 0 bridgehead atoms. The molecule has 0 aliphatic carbocycles. The van der Waals surface area contributed by atoms with Gasteiger partial charge in [-0.25, -0.2) is 23.1 Å². The van der Waals surface area contributed by atoms with Crippen molar-refractivity contribution >= 4 is 15.7 Å². The summed E-state index contributed by atoms with van der Waals surface area (Å²) < 4.78 is 49.0. The molecule has 2 aliphatic rings. The number of ether oxygens (including phenoxy) is 2. The summed E-state index contributed by atoms with van der Waals surface area (Å²) >= 11 is 0. The Bertz CT molecular complexity index is 740. The molecule has 27 heavy (non-hydrogen) atoms. The quantitative estimate of drug-likeness (QED) is 0.580. The average molecular weight is 401 g/mol. The van der Waals surface area contributed by atoms with Crippen LogP contribution in [0.5, 0.6) is 0 Å². The van der Waals surface area contributed by atoms with Crippen molar-refractivity contribution in [3.05, 3.63) is 30.1 Å². The number of halogens is 1. The van der Waals surface area contributed by atoms with Gasteiger partial charge in [-0.15, -0.1) is 0 Å². The highest BCUT2D eigenvalue weighted by Crippen LogP contribution is 2.37. The summed E-state index contributed by atoms with van der Waals surface area (Å²) in [5.41, 5.74) is 2.33. The van der Waals surface area contributed by atoms with Crippen molar-refractivity contribution in [1.82, 2.24) is 5.48 Å². The summed E-state index contributed by atoms with van der Waals surface area (Å²) in [6.45, 7) is 1.04. The monoisotopic (exact) mass is 401 g/mol. The van der Waals surface area contributed by atoms with Gasteiger partial charge in [0.1, 0.15) is 5.82 Å². The van der Waals surface area contributed by atoms with E-state index in [1.807, 2.05) is 0 Å². The van der Waals surface area contributed by atoms with Gasteiger partial charge in [0.15, 0.2) is 16.1 Å². The van der Waals surface area contributed by atoms with E-state index >= 15 is 0 Å². The lowest BCUT2D eigenvalue weighted by Gasteiger charge is -2.36. The number of benzene rings is 1. The fourth-order valence-corrected chi connectivity index (χ4v) is 5.43. The predicted molar refractivity (Wildman–Crippen MR) is 93.8 cm³/mol. The molecule has 9 heteroatoms. The second-order valence-electron chi connectivity index (χ2n) is 6.87. The first-order chi connectivity index (χ1) is 12.9. The zero-order chi connectivity index (χ0) is 19.3. The van der Waals surface area contributed by atoms with Gasteiger partial charge in [0, 0.05) is 32.7 Å². The number of hydroxylamine groups is 1. The van der Waals surface area contributed by atoms with E-state index in [1.165, 1.54) is 12.1 Å². The SMILES string of the molecule is O=C(CC1(S(=O)(=O)c2ccc(F)cc2)CCOCC1)NOC1CCCCO1. The van der Waals surface area contributed by atoms with Gasteiger partial charge in [-0.05, 0) is 49.9 Å². The maximum atomic E-state index is 13.2. The number of carbonyl (C=O) groups is 1. The average Bonchev–Trinajstić information content (AvgIpc) is 2.68. The zero-order valence-electron chi connectivity index (χ0n) is 15.0. The molecule has 0 spiro atoms. The normalized spacial score (nSPS) is 22.9. The van der Waals surface area contributed by atoms with Crippen LogP contribution in [0.4, 0.5) is 4.39 Å². The van der Waals surface area contributed by atoms with E-state index in [4.69, 9.17) is 14.3 Å². The van der Waals surface area contributed by atoms with E-state index in [1.54, 1.807) is 0 Å². The van der Waals surface area contributed by atoms with Crippen LogP contribution in [0.15, 0.2) is 29.2 Å². The topological polar surface area (TPSA) is 90.9 Å². The van der Waals surface area contributed by atoms with Crippen molar-refractivity contribution < 1.29 is 31.9 Å². The first kappa shape index (κ1) is 20.2. The Labute approximate surface area is 158 Å². The molecule has 3 rings (SSSR count). The molecule has 1 atom stereocenters. The summed E-state index contributed by atoms with van der Waals surface area (Å²) in [7, 11) is -3.87. The van der Waals surface area contributed by atoms with Crippen molar-refractivity contribution in [2.24, 2.45) is 0 Å². The van der Waals surface area contributed by atoms with Crippen LogP contribution >= 0.6 is 0 Å². The van der Waals surface area contributed by atoms with Crippen molar-refractivity contribution in [2.45, 2.75) is 54.5 Å². The predicted octanol–water partition coefficient (Wildman–Crippen LogP) is 2.11. The lowest BCUT2D eigenvalue weighted by Crippen LogP contribution is -2.48. The Hall–Kier alpha value is -1.55. The van der Waals surface area contributed by atoms with Crippen molar-refractivity contribution in [3.8, 4) is 0 Å². The Morgan fingerprint density at radius 3 is 2.52 bits per heavy atom. The van der Waals surface area contributed by atoms with Gasteiger partial charge in [0.2, 0.25) is 5.91 Å². The van der Waals surface area contributed by atoms with Crippen molar-refractivity contribution in [3.63, 3.8) is 0 Å². The minimum Gasteiger partial charge on any atom is -0.381 e. The molecular formula is C18H24FNO6S. The summed E-state index contributed by atoms with van der Waals surface area (Å²) in [5.74, 6) is -1.05. The van der Waals surface area contributed by atoms with E-state index in [2.05, 4.69) is 5.48 Å². The van der Waals surface area contributed by atoms with E-state index in [0.29, 0.717) is 13.0 Å². The van der Waals surface area contributed by atoms with Crippen LogP contribution in [0, 0.1) is 5.82 Å². The highest BCUT2D eigenvalue weighted by molar-refractivity contribution is 7.92. The third kappa shape index (κ3) is 4.66. The molecule has 1 N–H and O–H groups in total. The van der Waals surface area contributed by atoms with E-state index in [9.17, 15) is 17.6 Å². The molecule has 2 saturated heterocycles. The number of rotatable bonds is 6. The smallest absolute Gasteiger partial charge is 0.245 e. The van der Waals surface area contributed by atoms with Crippen LogP contribution in [0.1, 0.15) is 38.5 Å². The molecule has 2 heterocycles. The van der Waals surface area contributed by atoms with E-state index in [-0.39, 0.29) is 37.4 Å². The van der Waals surface area contributed by atoms with Crippen LogP contribution in [-0.2, 0) is 28.9 Å². The standard InChI is InChI=1S/C18H24FNO6S/c19-14-4-6-15(7-5-14)27(22,23)18(8-11-24-12-9-18)13-16(21)20-26-17-3-1-2-10-25-17/h4-7,17H,1-3,8-13H2,(H,20,21). The minimum atomic E-state index is -3.87. The summed E-state index contributed by atoms with van der Waals surface area (Å²) in [6, 6.07) is 4.66. The lowest BCUT2D eigenvalue weighted by atomic mass is 9.95. The molecule has 7 nitrogen and oxygen atoms in total.